The number of nitrogens with zero attached hydrogens (tertiary/aromatic N) is 1. The van der Waals surface area contributed by atoms with Gasteiger partial charge in [0, 0.05) is 38.6 Å². The van der Waals surface area contributed by atoms with E-state index < -0.39 is 0 Å². The van der Waals surface area contributed by atoms with Crippen LogP contribution in [-0.4, -0.2) is 34.9 Å². The van der Waals surface area contributed by atoms with Crippen LogP contribution in [0.25, 0.3) is 0 Å². The third kappa shape index (κ3) is 3.52. The zero-order valence-corrected chi connectivity index (χ0v) is 14.1. The first kappa shape index (κ1) is 14.4. The fraction of sp³-hybridized carbons (Fsp3) is 0.462. The van der Waals surface area contributed by atoms with Gasteiger partial charge in [-0.3, -0.25) is 4.79 Å². The second-order valence-corrected chi connectivity index (χ2v) is 7.55. The van der Waals surface area contributed by atoms with Gasteiger partial charge in [-0.1, -0.05) is 38.8 Å². The highest BCUT2D eigenvalue weighted by molar-refractivity contribution is 9.11. The minimum atomic E-state index is 0.135. The van der Waals surface area contributed by atoms with Crippen LogP contribution in [0.5, 0.6) is 0 Å². The molecule has 1 saturated heterocycles. The molecule has 1 aliphatic rings. The molecule has 0 aromatic heterocycles. The molecule has 1 aliphatic heterocycles. The van der Waals surface area contributed by atoms with Gasteiger partial charge in [-0.25, -0.2) is 0 Å². The number of carbonyl (C=O) groups excluding carboxylic acids is 1. The predicted octanol–water partition coefficient (Wildman–Crippen LogP) is 4.18. The van der Waals surface area contributed by atoms with Gasteiger partial charge in [0.15, 0.2) is 0 Å². The fourth-order valence-corrected chi connectivity index (χ4v) is 4.48. The summed E-state index contributed by atoms with van der Waals surface area (Å²) in [7, 11) is 0. The number of hydrogen-bond donors (Lipinski definition) is 0. The SMILES string of the molecule is CCC1CN(C(=O)c2cc(Br)cc(Br)c2)CCS1. The van der Waals surface area contributed by atoms with E-state index in [1.165, 1.54) is 0 Å². The van der Waals surface area contributed by atoms with Gasteiger partial charge in [0.1, 0.15) is 0 Å². The predicted molar refractivity (Wildman–Crippen MR) is 84.3 cm³/mol. The van der Waals surface area contributed by atoms with Gasteiger partial charge in [0.2, 0.25) is 0 Å². The van der Waals surface area contributed by atoms with Crippen LogP contribution < -0.4 is 0 Å². The van der Waals surface area contributed by atoms with Crippen LogP contribution in [0.4, 0.5) is 0 Å². The molecular formula is C13H15Br2NOS. The smallest absolute Gasteiger partial charge is 0.253 e. The van der Waals surface area contributed by atoms with Crippen molar-refractivity contribution in [3.8, 4) is 0 Å². The van der Waals surface area contributed by atoms with Crippen molar-refractivity contribution in [1.82, 2.24) is 4.90 Å². The molecule has 0 N–H and O–H groups in total. The van der Waals surface area contributed by atoms with Crippen LogP contribution in [0.15, 0.2) is 27.1 Å². The number of carbonyl (C=O) groups is 1. The summed E-state index contributed by atoms with van der Waals surface area (Å²) in [6.07, 6.45) is 1.12. The van der Waals surface area contributed by atoms with E-state index >= 15 is 0 Å². The monoisotopic (exact) mass is 391 g/mol. The summed E-state index contributed by atoms with van der Waals surface area (Å²) < 4.78 is 1.86. The first-order chi connectivity index (χ1) is 8.60. The summed E-state index contributed by atoms with van der Waals surface area (Å²) in [6.45, 7) is 3.90. The van der Waals surface area contributed by atoms with Gasteiger partial charge >= 0.3 is 0 Å². The number of rotatable bonds is 2. The summed E-state index contributed by atoms with van der Waals surface area (Å²) in [5, 5.41) is 0.582. The lowest BCUT2D eigenvalue weighted by molar-refractivity contribution is 0.0761. The third-order valence-electron chi connectivity index (χ3n) is 2.99. The molecule has 98 valence electrons. The molecule has 0 saturated carbocycles. The molecule has 0 radical (unpaired) electrons. The Morgan fingerprint density at radius 3 is 2.67 bits per heavy atom. The highest BCUT2D eigenvalue weighted by Gasteiger charge is 2.24. The Morgan fingerprint density at radius 1 is 1.39 bits per heavy atom. The molecule has 1 heterocycles. The van der Waals surface area contributed by atoms with Crippen LogP contribution in [0, 0.1) is 0 Å². The molecule has 0 spiro atoms. The van der Waals surface area contributed by atoms with Gasteiger partial charge in [-0.15, -0.1) is 0 Å². The van der Waals surface area contributed by atoms with Crippen molar-refractivity contribution in [2.45, 2.75) is 18.6 Å². The standard InChI is InChI=1S/C13H15Br2NOS/c1-2-12-8-16(3-4-18-12)13(17)9-5-10(14)7-11(15)6-9/h5-7,12H,2-4,8H2,1H3. The van der Waals surface area contributed by atoms with Crippen LogP contribution in [0.1, 0.15) is 23.7 Å². The number of hydrogen-bond acceptors (Lipinski definition) is 2. The molecule has 2 rings (SSSR count). The Balaban J connectivity index is 2.15. The first-order valence-electron chi connectivity index (χ1n) is 5.97. The van der Waals surface area contributed by atoms with Crippen molar-refractivity contribution in [1.29, 1.82) is 0 Å². The third-order valence-corrected chi connectivity index (χ3v) is 5.28. The molecule has 1 unspecified atom stereocenters. The van der Waals surface area contributed by atoms with E-state index in [1.807, 2.05) is 34.9 Å². The molecule has 1 amide bonds. The van der Waals surface area contributed by atoms with Crippen molar-refractivity contribution < 1.29 is 4.79 Å². The Kier molecular flexibility index (Phi) is 5.15. The highest BCUT2D eigenvalue weighted by atomic mass is 79.9. The van der Waals surface area contributed by atoms with Crippen molar-refractivity contribution in [3.05, 3.63) is 32.7 Å². The van der Waals surface area contributed by atoms with E-state index in [0.717, 1.165) is 39.8 Å². The van der Waals surface area contributed by atoms with Crippen molar-refractivity contribution in [2.24, 2.45) is 0 Å². The van der Waals surface area contributed by atoms with E-state index in [1.54, 1.807) is 0 Å². The highest BCUT2D eigenvalue weighted by Crippen LogP contribution is 2.25. The lowest BCUT2D eigenvalue weighted by atomic mass is 10.2. The van der Waals surface area contributed by atoms with E-state index in [9.17, 15) is 4.79 Å². The second-order valence-electron chi connectivity index (χ2n) is 4.31. The zero-order chi connectivity index (χ0) is 13.1. The number of thioether (sulfide) groups is 1. The molecule has 1 aromatic rings. The summed E-state index contributed by atoms with van der Waals surface area (Å²) in [5.41, 5.74) is 0.748. The lowest BCUT2D eigenvalue weighted by Gasteiger charge is -2.32. The van der Waals surface area contributed by atoms with Crippen LogP contribution >= 0.6 is 43.6 Å². The van der Waals surface area contributed by atoms with E-state index in [0.29, 0.717) is 5.25 Å². The number of benzene rings is 1. The van der Waals surface area contributed by atoms with Gasteiger partial charge in [-0.2, -0.15) is 11.8 Å². The van der Waals surface area contributed by atoms with Crippen LogP contribution in [-0.2, 0) is 0 Å². The number of halogens is 2. The average molecular weight is 393 g/mol. The molecule has 1 aromatic carbocycles. The molecular weight excluding hydrogens is 378 g/mol. The van der Waals surface area contributed by atoms with Gasteiger partial charge in [0.05, 0.1) is 0 Å². The Hall–Kier alpha value is -0.000000000000000111. The normalized spacial score (nSPS) is 19.9. The summed E-state index contributed by atoms with van der Waals surface area (Å²) in [5.74, 6) is 1.18. The van der Waals surface area contributed by atoms with Crippen molar-refractivity contribution >= 4 is 49.5 Å². The first-order valence-corrected chi connectivity index (χ1v) is 8.60. The summed E-state index contributed by atoms with van der Waals surface area (Å²) in [4.78, 5) is 14.4. The maximum absolute atomic E-state index is 12.4. The molecule has 5 heteroatoms. The Morgan fingerprint density at radius 2 is 2.06 bits per heavy atom. The van der Waals surface area contributed by atoms with Crippen LogP contribution in [0.2, 0.25) is 0 Å². The molecule has 2 nitrogen and oxygen atoms in total. The molecule has 0 bridgehead atoms. The molecule has 1 atom stereocenters. The minimum Gasteiger partial charge on any atom is -0.337 e. The quantitative estimate of drug-likeness (QED) is 0.752. The van der Waals surface area contributed by atoms with Gasteiger partial charge in [0.25, 0.3) is 5.91 Å². The summed E-state index contributed by atoms with van der Waals surface area (Å²) >= 11 is 8.83. The lowest BCUT2D eigenvalue weighted by Crippen LogP contribution is -2.41. The second kappa shape index (κ2) is 6.44. The Bertz CT molecular complexity index is 432. The molecule has 0 aliphatic carbocycles. The van der Waals surface area contributed by atoms with E-state index in [4.69, 9.17) is 0 Å². The van der Waals surface area contributed by atoms with Crippen LogP contribution in [0.3, 0.4) is 0 Å². The van der Waals surface area contributed by atoms with Gasteiger partial charge < -0.3 is 4.90 Å². The van der Waals surface area contributed by atoms with Crippen molar-refractivity contribution in [2.75, 3.05) is 18.8 Å². The van der Waals surface area contributed by atoms with E-state index in [-0.39, 0.29) is 5.91 Å². The largest absolute Gasteiger partial charge is 0.337 e. The summed E-state index contributed by atoms with van der Waals surface area (Å²) in [6, 6.07) is 5.71. The fourth-order valence-electron chi connectivity index (χ4n) is 2.01. The van der Waals surface area contributed by atoms with Gasteiger partial charge in [-0.05, 0) is 24.6 Å². The molecule has 18 heavy (non-hydrogen) atoms. The topological polar surface area (TPSA) is 20.3 Å². The Labute approximate surface area is 129 Å². The maximum atomic E-state index is 12.4. The average Bonchev–Trinajstić information content (AvgIpc) is 2.37. The maximum Gasteiger partial charge on any atom is 0.253 e. The zero-order valence-electron chi connectivity index (χ0n) is 10.2. The number of amides is 1. The molecule has 1 fully saturated rings. The van der Waals surface area contributed by atoms with E-state index in [2.05, 4.69) is 38.8 Å². The van der Waals surface area contributed by atoms with Crippen molar-refractivity contribution in [3.63, 3.8) is 0 Å². The minimum absolute atomic E-state index is 0.135.